The van der Waals surface area contributed by atoms with E-state index in [1.165, 1.54) is 12.8 Å². The van der Waals surface area contributed by atoms with Gasteiger partial charge in [0.1, 0.15) is 0 Å². The minimum Gasteiger partial charge on any atom is -0.352 e. The zero-order valence-corrected chi connectivity index (χ0v) is 10.4. The first kappa shape index (κ1) is 11.2. The van der Waals surface area contributed by atoms with Crippen LogP contribution in [0.25, 0.3) is 10.9 Å². The van der Waals surface area contributed by atoms with Crippen molar-refractivity contribution >= 4 is 16.8 Å². The molecule has 1 aromatic carbocycles. The SMILES string of the molecule is Cc1ccc2c(C(=O)NCC3CC3)ccnc2c1. The van der Waals surface area contributed by atoms with Crippen LogP contribution in [0, 0.1) is 12.8 Å². The van der Waals surface area contributed by atoms with Gasteiger partial charge in [0.2, 0.25) is 0 Å². The second-order valence-electron chi connectivity index (χ2n) is 5.03. The fraction of sp³-hybridized carbons (Fsp3) is 0.333. The van der Waals surface area contributed by atoms with Crippen molar-refractivity contribution in [2.24, 2.45) is 5.92 Å². The van der Waals surface area contributed by atoms with Gasteiger partial charge in [-0.2, -0.15) is 0 Å². The summed E-state index contributed by atoms with van der Waals surface area (Å²) in [6.07, 6.45) is 4.20. The van der Waals surface area contributed by atoms with Crippen molar-refractivity contribution in [2.75, 3.05) is 6.54 Å². The lowest BCUT2D eigenvalue weighted by Crippen LogP contribution is -2.25. The Hall–Kier alpha value is -1.90. The van der Waals surface area contributed by atoms with E-state index in [9.17, 15) is 4.79 Å². The lowest BCUT2D eigenvalue weighted by Gasteiger charge is -2.07. The van der Waals surface area contributed by atoms with E-state index < -0.39 is 0 Å². The number of aromatic nitrogens is 1. The Balaban J connectivity index is 1.92. The number of carbonyl (C=O) groups is 1. The molecule has 0 spiro atoms. The predicted octanol–water partition coefficient (Wildman–Crippen LogP) is 2.68. The van der Waals surface area contributed by atoms with Gasteiger partial charge in [0.15, 0.2) is 0 Å². The monoisotopic (exact) mass is 240 g/mol. The fourth-order valence-corrected chi connectivity index (χ4v) is 2.11. The van der Waals surface area contributed by atoms with Gasteiger partial charge >= 0.3 is 0 Å². The summed E-state index contributed by atoms with van der Waals surface area (Å²) in [4.78, 5) is 16.4. The average Bonchev–Trinajstić information content (AvgIpc) is 3.19. The predicted molar refractivity (Wildman–Crippen MR) is 71.5 cm³/mol. The summed E-state index contributed by atoms with van der Waals surface area (Å²) in [5.74, 6) is 0.711. The zero-order valence-electron chi connectivity index (χ0n) is 10.4. The lowest BCUT2D eigenvalue weighted by molar-refractivity contribution is 0.0953. The van der Waals surface area contributed by atoms with Gasteiger partial charge in [-0.1, -0.05) is 12.1 Å². The Bertz CT molecular complexity index is 602. The molecule has 1 heterocycles. The number of hydrogen-bond acceptors (Lipinski definition) is 2. The molecule has 2 aromatic rings. The Morgan fingerprint density at radius 2 is 2.22 bits per heavy atom. The maximum absolute atomic E-state index is 12.1. The van der Waals surface area contributed by atoms with Gasteiger partial charge < -0.3 is 5.32 Å². The summed E-state index contributed by atoms with van der Waals surface area (Å²) in [7, 11) is 0. The first-order valence-corrected chi connectivity index (χ1v) is 6.37. The van der Waals surface area contributed by atoms with Crippen molar-refractivity contribution < 1.29 is 4.79 Å². The molecule has 1 amide bonds. The minimum absolute atomic E-state index is 0.0122. The summed E-state index contributed by atoms with van der Waals surface area (Å²) >= 11 is 0. The van der Waals surface area contributed by atoms with Crippen molar-refractivity contribution in [2.45, 2.75) is 19.8 Å². The van der Waals surface area contributed by atoms with E-state index in [0.29, 0.717) is 5.92 Å². The highest BCUT2D eigenvalue weighted by Gasteiger charge is 2.22. The number of aryl methyl sites for hydroxylation is 1. The molecule has 0 atom stereocenters. The maximum Gasteiger partial charge on any atom is 0.252 e. The van der Waals surface area contributed by atoms with Crippen LogP contribution in [0.15, 0.2) is 30.5 Å². The van der Waals surface area contributed by atoms with E-state index in [2.05, 4.69) is 10.3 Å². The van der Waals surface area contributed by atoms with Crippen LogP contribution in [-0.4, -0.2) is 17.4 Å². The number of nitrogens with zero attached hydrogens (tertiary/aromatic N) is 1. The molecule has 1 saturated carbocycles. The molecule has 0 aliphatic heterocycles. The van der Waals surface area contributed by atoms with E-state index >= 15 is 0 Å². The van der Waals surface area contributed by atoms with Crippen molar-refractivity contribution in [1.29, 1.82) is 0 Å². The zero-order chi connectivity index (χ0) is 12.5. The molecule has 1 aliphatic carbocycles. The van der Waals surface area contributed by atoms with Gasteiger partial charge in [0.25, 0.3) is 5.91 Å². The Labute approximate surface area is 106 Å². The molecule has 0 unspecified atom stereocenters. The molecule has 92 valence electrons. The largest absolute Gasteiger partial charge is 0.352 e. The quantitative estimate of drug-likeness (QED) is 0.896. The Morgan fingerprint density at radius 3 is 3.00 bits per heavy atom. The van der Waals surface area contributed by atoms with Crippen molar-refractivity contribution in [1.82, 2.24) is 10.3 Å². The molecular formula is C15H16N2O. The molecule has 3 rings (SSSR count). The Kier molecular flexibility index (Phi) is 2.74. The summed E-state index contributed by atoms with van der Waals surface area (Å²) < 4.78 is 0. The first-order valence-electron chi connectivity index (χ1n) is 6.37. The Morgan fingerprint density at radius 1 is 1.39 bits per heavy atom. The van der Waals surface area contributed by atoms with E-state index in [0.717, 1.165) is 28.6 Å². The van der Waals surface area contributed by atoms with Crippen LogP contribution in [-0.2, 0) is 0 Å². The summed E-state index contributed by atoms with van der Waals surface area (Å²) in [5, 5.41) is 3.93. The van der Waals surface area contributed by atoms with Crippen LogP contribution < -0.4 is 5.32 Å². The molecule has 18 heavy (non-hydrogen) atoms. The third-order valence-electron chi connectivity index (χ3n) is 3.39. The summed E-state index contributed by atoms with van der Waals surface area (Å²) in [5.41, 5.74) is 2.76. The molecule has 0 radical (unpaired) electrons. The fourth-order valence-electron chi connectivity index (χ4n) is 2.11. The van der Waals surface area contributed by atoms with Crippen molar-refractivity contribution in [3.8, 4) is 0 Å². The van der Waals surface area contributed by atoms with Crippen LogP contribution in [0.5, 0.6) is 0 Å². The first-order chi connectivity index (χ1) is 8.74. The number of amides is 1. The number of fused-ring (bicyclic) bond motifs is 1. The van der Waals surface area contributed by atoms with Crippen molar-refractivity contribution in [3.63, 3.8) is 0 Å². The topological polar surface area (TPSA) is 42.0 Å². The van der Waals surface area contributed by atoms with E-state index in [-0.39, 0.29) is 5.91 Å². The highest BCUT2D eigenvalue weighted by atomic mass is 16.1. The molecule has 0 bridgehead atoms. The second-order valence-corrected chi connectivity index (χ2v) is 5.03. The summed E-state index contributed by atoms with van der Waals surface area (Å²) in [6.45, 7) is 2.83. The van der Waals surface area contributed by atoms with Crippen LogP contribution in [0.1, 0.15) is 28.8 Å². The van der Waals surface area contributed by atoms with E-state index in [1.807, 2.05) is 25.1 Å². The number of pyridine rings is 1. The molecule has 1 N–H and O–H groups in total. The third kappa shape index (κ3) is 2.21. The molecule has 1 aromatic heterocycles. The third-order valence-corrected chi connectivity index (χ3v) is 3.39. The highest BCUT2D eigenvalue weighted by molar-refractivity contribution is 6.06. The van der Waals surface area contributed by atoms with Gasteiger partial charge in [-0.05, 0) is 43.4 Å². The van der Waals surface area contributed by atoms with Crippen LogP contribution in [0.4, 0.5) is 0 Å². The van der Waals surface area contributed by atoms with Crippen LogP contribution in [0.2, 0.25) is 0 Å². The molecular weight excluding hydrogens is 224 g/mol. The van der Waals surface area contributed by atoms with Gasteiger partial charge in [-0.15, -0.1) is 0 Å². The average molecular weight is 240 g/mol. The summed E-state index contributed by atoms with van der Waals surface area (Å²) in [6, 6.07) is 7.79. The molecule has 3 heteroatoms. The minimum atomic E-state index is 0.0122. The molecule has 1 fully saturated rings. The van der Waals surface area contributed by atoms with Gasteiger partial charge in [0, 0.05) is 18.1 Å². The molecule has 1 aliphatic rings. The number of benzene rings is 1. The van der Waals surface area contributed by atoms with Crippen LogP contribution in [0.3, 0.4) is 0 Å². The molecule has 0 saturated heterocycles. The highest BCUT2D eigenvalue weighted by Crippen LogP contribution is 2.27. The van der Waals surface area contributed by atoms with E-state index in [1.54, 1.807) is 12.3 Å². The van der Waals surface area contributed by atoms with Crippen molar-refractivity contribution in [3.05, 3.63) is 41.6 Å². The number of hydrogen-bond donors (Lipinski definition) is 1. The van der Waals surface area contributed by atoms with Gasteiger partial charge in [0.05, 0.1) is 11.1 Å². The standard InChI is InChI=1S/C15H16N2O/c1-10-2-5-12-13(6-7-16-14(12)8-10)15(18)17-9-11-3-4-11/h2,5-8,11H,3-4,9H2,1H3,(H,17,18). The molecule has 3 nitrogen and oxygen atoms in total. The van der Waals surface area contributed by atoms with Gasteiger partial charge in [-0.25, -0.2) is 0 Å². The second kappa shape index (κ2) is 4.41. The van der Waals surface area contributed by atoms with Gasteiger partial charge in [-0.3, -0.25) is 9.78 Å². The lowest BCUT2D eigenvalue weighted by atomic mass is 10.1. The van der Waals surface area contributed by atoms with E-state index in [4.69, 9.17) is 0 Å². The number of carbonyl (C=O) groups excluding carboxylic acids is 1. The maximum atomic E-state index is 12.1. The number of nitrogens with one attached hydrogen (secondary N) is 1. The number of rotatable bonds is 3. The smallest absolute Gasteiger partial charge is 0.252 e. The normalized spacial score (nSPS) is 14.7. The van der Waals surface area contributed by atoms with Crippen LogP contribution >= 0.6 is 0 Å².